The Hall–Kier alpha value is -2.57. The number of methoxy groups -OCH3 is 1. The largest absolute Gasteiger partial charge is 0.497 e. The van der Waals surface area contributed by atoms with Crippen molar-refractivity contribution in [3.05, 3.63) is 29.8 Å². The van der Waals surface area contributed by atoms with E-state index in [1.165, 1.54) is 6.92 Å². The van der Waals surface area contributed by atoms with Gasteiger partial charge >= 0.3 is 5.97 Å². The molecule has 156 valence electrons. The quantitative estimate of drug-likeness (QED) is 0.653. The predicted molar refractivity (Wildman–Crippen MR) is 107 cm³/mol. The van der Waals surface area contributed by atoms with Gasteiger partial charge in [0.15, 0.2) is 6.10 Å². The Bertz CT molecular complexity index is 662. The fourth-order valence-electron chi connectivity index (χ4n) is 3.11. The van der Waals surface area contributed by atoms with Crippen LogP contribution in [0.3, 0.4) is 0 Å². The van der Waals surface area contributed by atoms with E-state index in [1.54, 1.807) is 43.2 Å². The second-order valence-corrected chi connectivity index (χ2v) is 7.30. The van der Waals surface area contributed by atoms with E-state index in [-0.39, 0.29) is 30.3 Å². The molecule has 0 radical (unpaired) electrons. The zero-order valence-electron chi connectivity index (χ0n) is 17.8. The molecule has 7 heteroatoms. The molecule has 1 N–H and O–H groups in total. The molecule has 2 atom stereocenters. The van der Waals surface area contributed by atoms with Crippen molar-refractivity contribution in [2.75, 3.05) is 7.11 Å². The van der Waals surface area contributed by atoms with Crippen molar-refractivity contribution >= 4 is 17.8 Å². The van der Waals surface area contributed by atoms with Crippen LogP contribution in [0.15, 0.2) is 24.3 Å². The lowest BCUT2D eigenvalue weighted by molar-refractivity contribution is -0.161. The fourth-order valence-corrected chi connectivity index (χ4v) is 3.11. The van der Waals surface area contributed by atoms with E-state index in [9.17, 15) is 14.4 Å². The average molecular weight is 392 g/mol. The summed E-state index contributed by atoms with van der Waals surface area (Å²) in [7, 11) is 1.56. The number of rotatable bonds is 9. The van der Waals surface area contributed by atoms with E-state index in [4.69, 9.17) is 9.47 Å². The molecule has 7 nitrogen and oxygen atoms in total. The van der Waals surface area contributed by atoms with Gasteiger partial charge in [-0.2, -0.15) is 0 Å². The number of hydrogen-bond donors (Lipinski definition) is 1. The number of nitrogens with zero attached hydrogens (tertiary/aromatic N) is 1. The highest BCUT2D eigenvalue weighted by Gasteiger charge is 2.28. The maximum absolute atomic E-state index is 12.6. The van der Waals surface area contributed by atoms with Crippen LogP contribution in [-0.2, 0) is 19.1 Å². The van der Waals surface area contributed by atoms with Gasteiger partial charge in [-0.05, 0) is 52.3 Å². The van der Waals surface area contributed by atoms with Gasteiger partial charge in [0.05, 0.1) is 19.6 Å². The van der Waals surface area contributed by atoms with Crippen molar-refractivity contribution in [1.82, 2.24) is 10.2 Å². The molecule has 0 aliphatic carbocycles. The van der Waals surface area contributed by atoms with Crippen molar-refractivity contribution in [1.29, 1.82) is 0 Å². The lowest BCUT2D eigenvalue weighted by Crippen LogP contribution is -2.47. The third kappa shape index (κ3) is 6.87. The normalized spacial score (nSPS) is 13.0. The molecule has 1 rings (SSSR count). The molecule has 0 aromatic heterocycles. The molecule has 0 bridgehead atoms. The molecule has 1 aromatic rings. The molecular formula is C21H32N2O5. The predicted octanol–water partition coefficient (Wildman–Crippen LogP) is 2.84. The Morgan fingerprint density at radius 2 is 1.54 bits per heavy atom. The van der Waals surface area contributed by atoms with Gasteiger partial charge in [-0.1, -0.05) is 12.1 Å². The van der Waals surface area contributed by atoms with Crippen LogP contribution in [0.4, 0.5) is 0 Å². The molecule has 0 spiro atoms. The van der Waals surface area contributed by atoms with Gasteiger partial charge in [-0.3, -0.25) is 14.4 Å². The summed E-state index contributed by atoms with van der Waals surface area (Å²) < 4.78 is 10.5. The summed E-state index contributed by atoms with van der Waals surface area (Å²) in [6.07, 6.45) is -0.974. The van der Waals surface area contributed by atoms with E-state index in [2.05, 4.69) is 5.32 Å². The molecule has 2 unspecified atom stereocenters. The minimum absolute atomic E-state index is 0.0000733. The van der Waals surface area contributed by atoms with Crippen molar-refractivity contribution < 1.29 is 23.9 Å². The first kappa shape index (κ1) is 23.5. The summed E-state index contributed by atoms with van der Waals surface area (Å²) in [6.45, 7) is 10.6. The molecule has 0 aliphatic rings. The number of amides is 2. The third-order valence-corrected chi connectivity index (χ3v) is 4.29. The molecule has 0 saturated heterocycles. The van der Waals surface area contributed by atoms with Crippen LogP contribution in [0.1, 0.15) is 59.6 Å². The monoisotopic (exact) mass is 392 g/mol. The van der Waals surface area contributed by atoms with Gasteiger partial charge in [0, 0.05) is 19.0 Å². The number of nitrogens with one attached hydrogen (secondary N) is 1. The van der Waals surface area contributed by atoms with Gasteiger partial charge in [-0.25, -0.2) is 0 Å². The Kier molecular flexibility index (Phi) is 8.96. The fraction of sp³-hybridized carbons (Fsp3) is 0.571. The summed E-state index contributed by atoms with van der Waals surface area (Å²) in [5.74, 6) is -0.375. The van der Waals surface area contributed by atoms with Crippen molar-refractivity contribution in [3.8, 4) is 5.75 Å². The number of carbonyl (C=O) groups excluding carboxylic acids is 3. The van der Waals surface area contributed by atoms with Crippen LogP contribution >= 0.6 is 0 Å². The number of benzene rings is 1. The highest BCUT2D eigenvalue weighted by atomic mass is 16.5. The van der Waals surface area contributed by atoms with E-state index >= 15 is 0 Å². The second-order valence-electron chi connectivity index (χ2n) is 7.30. The van der Waals surface area contributed by atoms with E-state index in [0.29, 0.717) is 5.75 Å². The van der Waals surface area contributed by atoms with Crippen molar-refractivity contribution in [3.63, 3.8) is 0 Å². The Balaban J connectivity index is 2.84. The van der Waals surface area contributed by atoms with Crippen molar-refractivity contribution in [2.45, 2.75) is 72.2 Å². The lowest BCUT2D eigenvalue weighted by atomic mass is 10.0. The number of ether oxygens (including phenoxy) is 2. The summed E-state index contributed by atoms with van der Waals surface area (Å²) in [6, 6.07) is 6.51. The average Bonchev–Trinajstić information content (AvgIpc) is 2.60. The maximum atomic E-state index is 12.6. The van der Waals surface area contributed by atoms with Gasteiger partial charge in [0.2, 0.25) is 5.91 Å². The third-order valence-electron chi connectivity index (χ3n) is 4.29. The smallest absolute Gasteiger partial charge is 0.309 e. The zero-order chi connectivity index (χ0) is 21.4. The van der Waals surface area contributed by atoms with Gasteiger partial charge in [-0.15, -0.1) is 0 Å². The first-order valence-electron chi connectivity index (χ1n) is 9.49. The van der Waals surface area contributed by atoms with Gasteiger partial charge in [0.25, 0.3) is 5.91 Å². The molecule has 28 heavy (non-hydrogen) atoms. The minimum Gasteiger partial charge on any atom is -0.497 e. The van der Waals surface area contributed by atoms with Crippen LogP contribution in [0.2, 0.25) is 0 Å². The van der Waals surface area contributed by atoms with Crippen molar-refractivity contribution in [2.24, 2.45) is 0 Å². The molecule has 1 aromatic carbocycles. The molecule has 0 saturated carbocycles. The van der Waals surface area contributed by atoms with Crippen LogP contribution in [0, 0.1) is 0 Å². The highest BCUT2D eigenvalue weighted by Crippen LogP contribution is 2.21. The Morgan fingerprint density at radius 1 is 1.00 bits per heavy atom. The topological polar surface area (TPSA) is 84.9 Å². The first-order valence-corrected chi connectivity index (χ1v) is 9.49. The highest BCUT2D eigenvalue weighted by molar-refractivity contribution is 5.84. The van der Waals surface area contributed by atoms with Crippen LogP contribution in [-0.4, -0.2) is 48.0 Å². The molecular weight excluding hydrogens is 360 g/mol. The summed E-state index contributed by atoms with van der Waals surface area (Å²) in [5, 5.41) is 2.75. The Labute approximate surface area is 167 Å². The summed E-state index contributed by atoms with van der Waals surface area (Å²) >= 11 is 0. The molecule has 2 amide bonds. The molecule has 0 aliphatic heterocycles. The number of esters is 1. The van der Waals surface area contributed by atoms with Gasteiger partial charge in [0.1, 0.15) is 5.75 Å². The summed E-state index contributed by atoms with van der Waals surface area (Å²) in [5.41, 5.74) is 0.748. The molecule has 0 fully saturated rings. The Morgan fingerprint density at radius 3 is 1.96 bits per heavy atom. The number of carbonyl (C=O) groups is 3. The van der Waals surface area contributed by atoms with Crippen LogP contribution in [0.25, 0.3) is 0 Å². The van der Waals surface area contributed by atoms with Crippen LogP contribution < -0.4 is 10.1 Å². The van der Waals surface area contributed by atoms with Crippen LogP contribution in [0.5, 0.6) is 5.75 Å². The SMILES string of the molecule is COc1ccc(C(CC(=O)OC(C)C(=O)N(C(C)C)C(C)C)NC(C)=O)cc1. The zero-order valence-corrected chi connectivity index (χ0v) is 17.8. The molecule has 0 heterocycles. The van der Waals surface area contributed by atoms with Gasteiger partial charge < -0.3 is 19.7 Å². The number of hydrogen-bond acceptors (Lipinski definition) is 5. The maximum Gasteiger partial charge on any atom is 0.309 e. The van der Waals surface area contributed by atoms with E-state index < -0.39 is 18.1 Å². The van der Waals surface area contributed by atoms with E-state index in [0.717, 1.165) is 5.56 Å². The second kappa shape index (κ2) is 10.7. The van der Waals surface area contributed by atoms with E-state index in [1.807, 2.05) is 27.7 Å². The minimum atomic E-state index is -0.897. The lowest BCUT2D eigenvalue weighted by Gasteiger charge is -2.32. The summed E-state index contributed by atoms with van der Waals surface area (Å²) in [4.78, 5) is 38.3. The first-order chi connectivity index (χ1) is 13.1. The standard InChI is InChI=1S/C21H32N2O5/c1-13(2)23(14(3)4)21(26)15(5)28-20(25)12-19(22-16(6)24)17-8-10-18(27-7)11-9-17/h8-11,13-15,19H,12H2,1-7H3,(H,22,24).